The van der Waals surface area contributed by atoms with Crippen LogP contribution in [0.1, 0.15) is 34.3 Å². The summed E-state index contributed by atoms with van der Waals surface area (Å²) >= 11 is 1.82. The van der Waals surface area contributed by atoms with E-state index < -0.39 is 0 Å². The van der Waals surface area contributed by atoms with Gasteiger partial charge in [0, 0.05) is 62.8 Å². The molecule has 3 rings (SSSR count). The lowest BCUT2D eigenvalue weighted by atomic mass is 10.2. The van der Waals surface area contributed by atoms with Gasteiger partial charge in [0.1, 0.15) is 0 Å². The Hall–Kier alpha value is -1.59. The number of nitrogens with zero attached hydrogens (tertiary/aromatic N) is 3. The van der Waals surface area contributed by atoms with E-state index in [0.29, 0.717) is 18.8 Å². The quantitative estimate of drug-likeness (QED) is 0.231. The largest absolute Gasteiger partial charge is 0.459 e. The smallest absolute Gasteiger partial charge is 0.287 e. The summed E-state index contributed by atoms with van der Waals surface area (Å²) in [6.45, 7) is 11.1. The summed E-state index contributed by atoms with van der Waals surface area (Å²) in [5, 5.41) is 8.43. The van der Waals surface area contributed by atoms with Gasteiger partial charge in [0.2, 0.25) is 0 Å². The third-order valence-electron chi connectivity index (χ3n) is 4.92. The van der Waals surface area contributed by atoms with Crippen molar-refractivity contribution in [1.29, 1.82) is 0 Å². The van der Waals surface area contributed by atoms with E-state index >= 15 is 0 Å². The minimum Gasteiger partial charge on any atom is -0.459 e. The maximum absolute atomic E-state index is 12.1. The molecule has 1 aliphatic rings. The highest BCUT2D eigenvalue weighted by molar-refractivity contribution is 14.0. The molecular formula is C21H32IN5O2S. The first-order valence-corrected chi connectivity index (χ1v) is 11.2. The Morgan fingerprint density at radius 1 is 1.23 bits per heavy atom. The summed E-state index contributed by atoms with van der Waals surface area (Å²) in [4.78, 5) is 23.1. The number of amides is 1. The van der Waals surface area contributed by atoms with E-state index in [2.05, 4.69) is 44.9 Å². The van der Waals surface area contributed by atoms with Crippen molar-refractivity contribution in [3.63, 3.8) is 0 Å². The molecule has 0 bridgehead atoms. The molecule has 0 aromatic carbocycles. The molecule has 0 saturated carbocycles. The van der Waals surface area contributed by atoms with Crippen LogP contribution in [0.3, 0.4) is 0 Å². The van der Waals surface area contributed by atoms with Crippen molar-refractivity contribution < 1.29 is 9.21 Å². The molecule has 0 aliphatic carbocycles. The number of halogens is 1. The van der Waals surface area contributed by atoms with E-state index in [1.807, 2.05) is 18.3 Å². The van der Waals surface area contributed by atoms with Gasteiger partial charge in [0.25, 0.3) is 5.91 Å². The fraction of sp³-hybridized carbons (Fsp3) is 0.524. The topological polar surface area (TPSA) is 73.1 Å². The Bertz CT molecular complexity index is 785. The van der Waals surface area contributed by atoms with Gasteiger partial charge in [0.15, 0.2) is 11.7 Å². The Balaban J connectivity index is 0.00000320. The molecule has 0 spiro atoms. The number of guanidine groups is 1. The van der Waals surface area contributed by atoms with Crippen LogP contribution in [0.5, 0.6) is 0 Å². The molecule has 2 aromatic rings. The van der Waals surface area contributed by atoms with Crippen molar-refractivity contribution in [2.75, 3.05) is 45.8 Å². The number of carbonyl (C=O) groups excluding carboxylic acids is 1. The van der Waals surface area contributed by atoms with E-state index in [4.69, 9.17) is 9.41 Å². The molecule has 0 atom stereocenters. The molecule has 1 saturated heterocycles. The van der Waals surface area contributed by atoms with Crippen LogP contribution in [0, 0.1) is 6.92 Å². The van der Waals surface area contributed by atoms with Crippen LogP contribution in [0.2, 0.25) is 0 Å². The molecule has 9 heteroatoms. The van der Waals surface area contributed by atoms with Gasteiger partial charge in [-0.2, -0.15) is 0 Å². The number of hydrogen-bond donors (Lipinski definition) is 2. The second-order valence-corrected chi connectivity index (χ2v) is 8.15. The van der Waals surface area contributed by atoms with Gasteiger partial charge >= 0.3 is 0 Å². The Kier molecular flexibility index (Phi) is 10.7. The fourth-order valence-corrected chi connectivity index (χ4v) is 4.06. The number of carbonyl (C=O) groups is 1. The number of piperazine rings is 1. The lowest BCUT2D eigenvalue weighted by Gasteiger charge is -2.36. The average molecular weight is 545 g/mol. The zero-order valence-electron chi connectivity index (χ0n) is 17.7. The highest BCUT2D eigenvalue weighted by Crippen LogP contribution is 2.13. The standard InChI is InChI=1S/C21H31N5O2S.HI/c1-3-22-21(24-9-5-8-23-20(27)19-17(2)7-14-28-19)26-12-10-25(11-13-26)16-18-6-4-15-29-18;/h4,6-7,14-15H,3,5,8-13,16H2,1-2H3,(H,22,24)(H,23,27);1H. The molecule has 166 valence electrons. The second kappa shape index (κ2) is 13.0. The maximum atomic E-state index is 12.1. The minimum absolute atomic E-state index is 0. The van der Waals surface area contributed by atoms with E-state index in [9.17, 15) is 4.79 Å². The first-order chi connectivity index (χ1) is 14.2. The van der Waals surface area contributed by atoms with E-state index in [1.54, 1.807) is 6.07 Å². The number of hydrogen-bond acceptors (Lipinski definition) is 5. The first-order valence-electron chi connectivity index (χ1n) is 10.3. The predicted molar refractivity (Wildman–Crippen MR) is 133 cm³/mol. The molecule has 2 N–H and O–H groups in total. The van der Waals surface area contributed by atoms with Crippen LogP contribution < -0.4 is 10.6 Å². The van der Waals surface area contributed by atoms with Crippen LogP contribution in [0.4, 0.5) is 0 Å². The van der Waals surface area contributed by atoms with Crippen LogP contribution in [0.15, 0.2) is 39.3 Å². The van der Waals surface area contributed by atoms with Crippen molar-refractivity contribution >= 4 is 47.2 Å². The zero-order chi connectivity index (χ0) is 20.5. The Morgan fingerprint density at radius 2 is 2.03 bits per heavy atom. The molecule has 0 radical (unpaired) electrons. The lowest BCUT2D eigenvalue weighted by molar-refractivity contribution is 0.0925. The average Bonchev–Trinajstić information content (AvgIpc) is 3.39. The van der Waals surface area contributed by atoms with Crippen molar-refractivity contribution in [2.24, 2.45) is 4.99 Å². The number of nitrogens with one attached hydrogen (secondary N) is 2. The predicted octanol–water partition coefficient (Wildman–Crippen LogP) is 3.17. The summed E-state index contributed by atoms with van der Waals surface area (Å²) in [5.74, 6) is 1.20. The number of rotatable bonds is 8. The fourth-order valence-electron chi connectivity index (χ4n) is 3.32. The highest BCUT2D eigenvalue weighted by atomic mass is 127. The molecule has 2 aromatic heterocycles. The van der Waals surface area contributed by atoms with Gasteiger partial charge in [-0.3, -0.25) is 14.7 Å². The van der Waals surface area contributed by atoms with E-state index in [0.717, 1.165) is 57.2 Å². The minimum atomic E-state index is -0.162. The highest BCUT2D eigenvalue weighted by Gasteiger charge is 2.19. The van der Waals surface area contributed by atoms with Gasteiger partial charge in [-0.25, -0.2) is 0 Å². The van der Waals surface area contributed by atoms with Crippen LogP contribution in [-0.4, -0.2) is 67.5 Å². The number of aryl methyl sites for hydroxylation is 1. The number of aliphatic imine (C=N–C) groups is 1. The zero-order valence-corrected chi connectivity index (χ0v) is 20.9. The molecule has 30 heavy (non-hydrogen) atoms. The first kappa shape index (κ1) is 24.7. The van der Waals surface area contributed by atoms with Crippen molar-refractivity contribution in [3.8, 4) is 0 Å². The van der Waals surface area contributed by atoms with E-state index in [1.165, 1.54) is 11.1 Å². The van der Waals surface area contributed by atoms with E-state index in [-0.39, 0.29) is 29.9 Å². The van der Waals surface area contributed by atoms with Crippen LogP contribution in [0.25, 0.3) is 0 Å². The summed E-state index contributed by atoms with van der Waals surface area (Å²) in [6.07, 6.45) is 2.33. The summed E-state index contributed by atoms with van der Waals surface area (Å²) < 4.78 is 5.21. The van der Waals surface area contributed by atoms with Gasteiger partial charge < -0.3 is 20.0 Å². The molecule has 1 fully saturated rings. The number of furan rings is 1. The molecular weight excluding hydrogens is 513 g/mol. The Morgan fingerprint density at radius 3 is 2.67 bits per heavy atom. The molecule has 1 aliphatic heterocycles. The van der Waals surface area contributed by atoms with Gasteiger partial charge in [-0.1, -0.05) is 6.07 Å². The summed E-state index contributed by atoms with van der Waals surface area (Å²) in [6, 6.07) is 6.11. The molecule has 7 nitrogen and oxygen atoms in total. The van der Waals surface area contributed by atoms with Crippen molar-refractivity contribution in [3.05, 3.63) is 46.0 Å². The van der Waals surface area contributed by atoms with Crippen molar-refractivity contribution in [1.82, 2.24) is 20.4 Å². The SMILES string of the molecule is CCNC(=NCCCNC(=O)c1occc1C)N1CCN(Cc2cccs2)CC1.I. The Labute approximate surface area is 199 Å². The van der Waals surface area contributed by atoms with Crippen LogP contribution in [-0.2, 0) is 6.54 Å². The summed E-state index contributed by atoms with van der Waals surface area (Å²) in [5.41, 5.74) is 0.855. The lowest BCUT2D eigenvalue weighted by Crippen LogP contribution is -2.52. The molecule has 0 unspecified atom stereocenters. The van der Waals surface area contributed by atoms with Gasteiger partial charge in [-0.05, 0) is 37.8 Å². The molecule has 1 amide bonds. The van der Waals surface area contributed by atoms with Crippen molar-refractivity contribution in [2.45, 2.75) is 26.8 Å². The summed E-state index contributed by atoms with van der Waals surface area (Å²) in [7, 11) is 0. The molecule has 3 heterocycles. The third-order valence-corrected chi connectivity index (χ3v) is 5.78. The van der Waals surface area contributed by atoms with Gasteiger partial charge in [0.05, 0.1) is 6.26 Å². The van der Waals surface area contributed by atoms with Gasteiger partial charge in [-0.15, -0.1) is 35.3 Å². The normalized spacial score (nSPS) is 15.0. The van der Waals surface area contributed by atoms with Crippen LogP contribution >= 0.6 is 35.3 Å². The monoisotopic (exact) mass is 545 g/mol. The second-order valence-electron chi connectivity index (χ2n) is 7.12. The maximum Gasteiger partial charge on any atom is 0.287 e. The third kappa shape index (κ3) is 7.28. The number of thiophene rings is 1.